The molecule has 0 aliphatic carbocycles. The molecule has 166 valence electrons. The SMILES string of the molecule is Cc1ccc2c(c1)-c1ccccc1S(=O)(=O)N2CC(=O)N[C@H](CC(C)C)c1ccccc1. The highest BCUT2D eigenvalue weighted by molar-refractivity contribution is 7.93. The minimum atomic E-state index is -3.86. The fourth-order valence-electron chi connectivity index (χ4n) is 4.22. The Labute approximate surface area is 190 Å². The summed E-state index contributed by atoms with van der Waals surface area (Å²) in [4.78, 5) is 13.4. The summed E-state index contributed by atoms with van der Waals surface area (Å²) in [5, 5.41) is 3.07. The summed E-state index contributed by atoms with van der Waals surface area (Å²) in [5.41, 5.74) is 4.07. The van der Waals surface area contributed by atoms with Gasteiger partial charge in [0, 0.05) is 11.1 Å². The predicted molar refractivity (Wildman–Crippen MR) is 128 cm³/mol. The highest BCUT2D eigenvalue weighted by atomic mass is 32.2. The van der Waals surface area contributed by atoms with Crippen molar-refractivity contribution in [3.05, 3.63) is 83.9 Å². The molecular formula is C26H28N2O3S. The van der Waals surface area contributed by atoms with E-state index in [1.54, 1.807) is 18.2 Å². The van der Waals surface area contributed by atoms with Crippen LogP contribution in [0, 0.1) is 12.8 Å². The molecule has 0 fully saturated rings. The number of aryl methyl sites for hydroxylation is 1. The maximum Gasteiger partial charge on any atom is 0.265 e. The number of sulfonamides is 1. The summed E-state index contributed by atoms with van der Waals surface area (Å²) in [6.45, 7) is 5.91. The van der Waals surface area contributed by atoms with Gasteiger partial charge in [-0.1, -0.05) is 74.0 Å². The fraction of sp³-hybridized carbons (Fsp3) is 0.269. The Morgan fingerprint density at radius 1 is 0.938 bits per heavy atom. The van der Waals surface area contributed by atoms with E-state index in [4.69, 9.17) is 0 Å². The summed E-state index contributed by atoms with van der Waals surface area (Å²) in [7, 11) is -3.86. The number of nitrogens with zero attached hydrogens (tertiary/aromatic N) is 1. The van der Waals surface area contributed by atoms with Crippen LogP contribution in [0.5, 0.6) is 0 Å². The third kappa shape index (κ3) is 4.28. The van der Waals surface area contributed by atoms with Crippen molar-refractivity contribution in [1.29, 1.82) is 0 Å². The summed E-state index contributed by atoms with van der Waals surface area (Å²) in [5.74, 6) is 0.0452. The average Bonchev–Trinajstić information content (AvgIpc) is 2.77. The second kappa shape index (κ2) is 8.79. The highest BCUT2D eigenvalue weighted by Crippen LogP contribution is 2.43. The van der Waals surface area contributed by atoms with Crippen LogP contribution in [0.4, 0.5) is 5.69 Å². The first-order valence-corrected chi connectivity index (χ1v) is 12.3. The van der Waals surface area contributed by atoms with Gasteiger partial charge in [0.2, 0.25) is 5.91 Å². The lowest BCUT2D eigenvalue weighted by Gasteiger charge is -2.32. The Hall–Kier alpha value is -3.12. The minimum absolute atomic E-state index is 0.180. The standard InChI is InChI=1S/C26H28N2O3S/c1-18(2)15-23(20-9-5-4-6-10-20)27-26(29)17-28-24-14-13-19(3)16-22(24)21-11-7-8-12-25(21)32(28,30)31/h4-14,16,18,23H,15,17H2,1-3H3,(H,27,29)/t23-/m1/s1. The molecule has 1 aliphatic heterocycles. The van der Waals surface area contributed by atoms with Crippen molar-refractivity contribution in [3.63, 3.8) is 0 Å². The molecule has 0 saturated carbocycles. The van der Waals surface area contributed by atoms with Gasteiger partial charge >= 0.3 is 0 Å². The Morgan fingerprint density at radius 3 is 2.34 bits per heavy atom. The molecule has 1 N–H and O–H groups in total. The number of carbonyl (C=O) groups excluding carboxylic acids is 1. The van der Waals surface area contributed by atoms with E-state index in [0.29, 0.717) is 17.2 Å². The monoisotopic (exact) mass is 448 g/mol. The summed E-state index contributed by atoms with van der Waals surface area (Å²) in [6.07, 6.45) is 0.765. The fourth-order valence-corrected chi connectivity index (χ4v) is 5.87. The molecule has 0 bridgehead atoms. The highest BCUT2D eigenvalue weighted by Gasteiger charge is 2.36. The first-order chi connectivity index (χ1) is 15.3. The summed E-state index contributed by atoms with van der Waals surface area (Å²) < 4.78 is 28.2. The van der Waals surface area contributed by atoms with E-state index in [0.717, 1.165) is 23.1 Å². The number of fused-ring (bicyclic) bond motifs is 3. The van der Waals surface area contributed by atoms with Gasteiger partial charge in [0.25, 0.3) is 10.0 Å². The van der Waals surface area contributed by atoms with E-state index in [1.807, 2.05) is 61.5 Å². The van der Waals surface area contributed by atoms with Gasteiger partial charge in [-0.2, -0.15) is 0 Å². The van der Waals surface area contributed by atoms with Crippen molar-refractivity contribution in [1.82, 2.24) is 5.32 Å². The number of rotatable bonds is 6. The lowest BCUT2D eigenvalue weighted by atomic mass is 9.97. The van der Waals surface area contributed by atoms with Crippen LogP contribution >= 0.6 is 0 Å². The van der Waals surface area contributed by atoms with Crippen molar-refractivity contribution in [2.24, 2.45) is 5.92 Å². The van der Waals surface area contributed by atoms with Crippen LogP contribution < -0.4 is 9.62 Å². The van der Waals surface area contributed by atoms with E-state index in [-0.39, 0.29) is 23.4 Å². The topological polar surface area (TPSA) is 66.5 Å². The van der Waals surface area contributed by atoms with Crippen LogP contribution in [-0.4, -0.2) is 20.9 Å². The number of amides is 1. The van der Waals surface area contributed by atoms with E-state index < -0.39 is 10.0 Å². The molecule has 0 unspecified atom stereocenters. The average molecular weight is 449 g/mol. The van der Waals surface area contributed by atoms with E-state index in [1.165, 1.54) is 4.31 Å². The second-order valence-electron chi connectivity index (χ2n) is 8.69. The summed E-state index contributed by atoms with van der Waals surface area (Å²) in [6, 6.07) is 22.2. The third-order valence-electron chi connectivity index (χ3n) is 5.70. The molecular weight excluding hydrogens is 420 g/mol. The van der Waals surface area contributed by atoms with E-state index >= 15 is 0 Å². The largest absolute Gasteiger partial charge is 0.348 e. The molecule has 0 aromatic heterocycles. The normalized spacial score (nSPS) is 15.1. The minimum Gasteiger partial charge on any atom is -0.348 e. The molecule has 0 radical (unpaired) electrons. The number of benzene rings is 3. The molecule has 1 atom stereocenters. The van der Waals surface area contributed by atoms with Crippen molar-refractivity contribution in [3.8, 4) is 11.1 Å². The zero-order valence-electron chi connectivity index (χ0n) is 18.6. The molecule has 1 aliphatic rings. The molecule has 32 heavy (non-hydrogen) atoms. The molecule has 6 heteroatoms. The van der Waals surface area contributed by atoms with Gasteiger partial charge in [0.05, 0.1) is 16.6 Å². The lowest BCUT2D eigenvalue weighted by molar-refractivity contribution is -0.120. The van der Waals surface area contributed by atoms with Crippen LogP contribution in [0.1, 0.15) is 37.4 Å². The van der Waals surface area contributed by atoms with Crippen molar-refractivity contribution in [2.45, 2.75) is 38.1 Å². The third-order valence-corrected chi connectivity index (χ3v) is 7.52. The molecule has 3 aromatic rings. The molecule has 5 nitrogen and oxygen atoms in total. The van der Waals surface area contributed by atoms with Gasteiger partial charge < -0.3 is 5.32 Å². The van der Waals surface area contributed by atoms with Gasteiger partial charge in [0.15, 0.2) is 0 Å². The number of hydrogen-bond acceptors (Lipinski definition) is 3. The molecule has 1 heterocycles. The smallest absolute Gasteiger partial charge is 0.265 e. The van der Waals surface area contributed by atoms with Gasteiger partial charge in [-0.05, 0) is 43.0 Å². The lowest BCUT2D eigenvalue weighted by Crippen LogP contribution is -2.43. The Morgan fingerprint density at radius 2 is 1.62 bits per heavy atom. The number of carbonyl (C=O) groups is 1. The predicted octanol–water partition coefficient (Wildman–Crippen LogP) is 5.07. The maximum atomic E-state index is 13.5. The quantitative estimate of drug-likeness (QED) is 0.572. The molecule has 3 aromatic carbocycles. The van der Waals surface area contributed by atoms with Crippen LogP contribution in [0.2, 0.25) is 0 Å². The summed E-state index contributed by atoms with van der Waals surface area (Å²) >= 11 is 0. The van der Waals surface area contributed by atoms with Gasteiger partial charge in [-0.25, -0.2) is 8.42 Å². The molecule has 0 saturated heterocycles. The number of hydrogen-bond donors (Lipinski definition) is 1. The van der Waals surface area contributed by atoms with Gasteiger partial charge in [-0.15, -0.1) is 0 Å². The Balaban J connectivity index is 1.67. The first kappa shape index (κ1) is 22.1. The first-order valence-electron chi connectivity index (χ1n) is 10.8. The zero-order chi connectivity index (χ0) is 22.9. The van der Waals surface area contributed by atoms with Crippen molar-refractivity contribution >= 4 is 21.6 Å². The van der Waals surface area contributed by atoms with E-state index in [2.05, 4.69) is 19.2 Å². The van der Waals surface area contributed by atoms with Crippen LogP contribution in [-0.2, 0) is 14.8 Å². The zero-order valence-corrected chi connectivity index (χ0v) is 19.4. The van der Waals surface area contributed by atoms with Crippen molar-refractivity contribution in [2.75, 3.05) is 10.8 Å². The van der Waals surface area contributed by atoms with Gasteiger partial charge in [-0.3, -0.25) is 9.10 Å². The second-order valence-corrected chi connectivity index (χ2v) is 10.5. The number of anilines is 1. The van der Waals surface area contributed by atoms with Gasteiger partial charge in [0.1, 0.15) is 6.54 Å². The Bertz CT molecular complexity index is 1240. The molecule has 1 amide bonds. The maximum absolute atomic E-state index is 13.5. The van der Waals surface area contributed by atoms with Crippen LogP contribution in [0.15, 0.2) is 77.7 Å². The van der Waals surface area contributed by atoms with Crippen LogP contribution in [0.3, 0.4) is 0 Å². The molecule has 0 spiro atoms. The van der Waals surface area contributed by atoms with Crippen LogP contribution in [0.25, 0.3) is 11.1 Å². The Kier molecular flexibility index (Phi) is 6.07. The van der Waals surface area contributed by atoms with Crippen molar-refractivity contribution < 1.29 is 13.2 Å². The van der Waals surface area contributed by atoms with E-state index in [9.17, 15) is 13.2 Å². The molecule has 4 rings (SSSR count). The number of nitrogens with one attached hydrogen (secondary N) is 1.